The van der Waals surface area contributed by atoms with Crippen LogP contribution in [-0.2, 0) is 20.9 Å². The van der Waals surface area contributed by atoms with Crippen molar-refractivity contribution in [3.8, 4) is 11.3 Å². The third-order valence-electron chi connectivity index (χ3n) is 6.29. The van der Waals surface area contributed by atoms with Crippen molar-refractivity contribution in [3.63, 3.8) is 0 Å². The molecule has 8 heteroatoms. The molecule has 2 unspecified atom stereocenters. The summed E-state index contributed by atoms with van der Waals surface area (Å²) in [5, 5.41) is 2.80. The monoisotopic (exact) mass is 496 g/mol. The Hall–Kier alpha value is -3.45. The molecular weight excluding hydrogens is 474 g/mol. The zero-order valence-corrected chi connectivity index (χ0v) is 20.0. The van der Waals surface area contributed by atoms with Gasteiger partial charge in [0.25, 0.3) is 0 Å². The van der Waals surface area contributed by atoms with Gasteiger partial charge in [-0.2, -0.15) is 0 Å². The second kappa shape index (κ2) is 10.0. The quantitative estimate of drug-likeness (QED) is 0.473. The summed E-state index contributed by atoms with van der Waals surface area (Å²) in [5.41, 5.74) is 2.87. The Morgan fingerprint density at radius 1 is 1.09 bits per heavy atom. The van der Waals surface area contributed by atoms with E-state index < -0.39 is 29.4 Å². The molecule has 1 saturated carbocycles. The molecule has 3 aromatic rings. The lowest BCUT2D eigenvalue weighted by molar-refractivity contribution is -0.128. The number of ketones is 2. The fourth-order valence-electron chi connectivity index (χ4n) is 4.66. The fraction of sp³-hybridized carbons (Fsp3) is 0.259. The van der Waals surface area contributed by atoms with Crippen molar-refractivity contribution in [1.82, 2.24) is 10.3 Å². The zero-order chi connectivity index (χ0) is 25.3. The van der Waals surface area contributed by atoms with Crippen LogP contribution in [0.3, 0.4) is 0 Å². The third kappa shape index (κ3) is 5.15. The van der Waals surface area contributed by atoms with Gasteiger partial charge in [-0.15, -0.1) is 0 Å². The molecule has 2 aromatic carbocycles. The number of amides is 1. The van der Waals surface area contributed by atoms with Gasteiger partial charge in [0.05, 0.1) is 5.02 Å². The molecule has 0 spiro atoms. The predicted octanol–water partition coefficient (Wildman–Crippen LogP) is 5.25. The molecule has 0 radical (unpaired) electrons. The SMILES string of the molecule is Cc1cc(-c2ncc(Cl)cc2F)cc(C)c1C1C(=O)CC(CC(=O)NCc2ccccc2F)C1=O. The topological polar surface area (TPSA) is 76.1 Å². The Morgan fingerprint density at radius 2 is 1.77 bits per heavy atom. The summed E-state index contributed by atoms with van der Waals surface area (Å²) < 4.78 is 28.1. The molecule has 35 heavy (non-hydrogen) atoms. The van der Waals surface area contributed by atoms with Crippen LogP contribution in [-0.4, -0.2) is 22.5 Å². The molecule has 0 aliphatic heterocycles. The summed E-state index contributed by atoms with van der Waals surface area (Å²) in [5.74, 6) is -3.71. The van der Waals surface area contributed by atoms with Crippen molar-refractivity contribution in [1.29, 1.82) is 0 Å². The number of carbonyl (C=O) groups excluding carboxylic acids is 3. The minimum Gasteiger partial charge on any atom is -0.352 e. The van der Waals surface area contributed by atoms with Crippen LogP contribution in [0.4, 0.5) is 8.78 Å². The number of aryl methyl sites for hydroxylation is 2. The summed E-state index contributed by atoms with van der Waals surface area (Å²) in [4.78, 5) is 42.5. The van der Waals surface area contributed by atoms with Crippen molar-refractivity contribution in [3.05, 3.63) is 87.6 Å². The average molecular weight is 497 g/mol. The van der Waals surface area contributed by atoms with E-state index in [1.165, 1.54) is 18.3 Å². The van der Waals surface area contributed by atoms with E-state index in [-0.39, 0.29) is 41.7 Å². The van der Waals surface area contributed by atoms with Crippen LogP contribution in [0.15, 0.2) is 48.7 Å². The van der Waals surface area contributed by atoms with Crippen LogP contribution >= 0.6 is 11.6 Å². The van der Waals surface area contributed by atoms with Gasteiger partial charge in [-0.1, -0.05) is 29.8 Å². The van der Waals surface area contributed by atoms with Gasteiger partial charge < -0.3 is 5.32 Å². The molecule has 5 nitrogen and oxygen atoms in total. The van der Waals surface area contributed by atoms with Crippen molar-refractivity contribution < 1.29 is 23.2 Å². The molecule has 1 aliphatic rings. The number of nitrogens with one attached hydrogen (secondary N) is 1. The Kier molecular flexibility index (Phi) is 7.08. The average Bonchev–Trinajstić information content (AvgIpc) is 3.05. The van der Waals surface area contributed by atoms with Crippen LogP contribution in [0, 0.1) is 31.4 Å². The summed E-state index contributed by atoms with van der Waals surface area (Å²) in [6.45, 7) is 3.52. The van der Waals surface area contributed by atoms with Crippen molar-refractivity contribution in [2.45, 2.75) is 39.2 Å². The first-order valence-electron chi connectivity index (χ1n) is 11.1. The number of pyridine rings is 1. The molecule has 1 amide bonds. The van der Waals surface area contributed by atoms with E-state index in [2.05, 4.69) is 10.3 Å². The van der Waals surface area contributed by atoms with E-state index in [9.17, 15) is 23.2 Å². The maximum Gasteiger partial charge on any atom is 0.221 e. The maximum absolute atomic E-state index is 14.4. The Bertz CT molecular complexity index is 1320. The first-order chi connectivity index (χ1) is 16.7. The highest BCUT2D eigenvalue weighted by molar-refractivity contribution is 6.30. The largest absolute Gasteiger partial charge is 0.352 e. The number of aromatic nitrogens is 1. The number of hydrogen-bond acceptors (Lipinski definition) is 4. The molecular formula is C27H23ClF2N2O3. The summed E-state index contributed by atoms with van der Waals surface area (Å²) in [6.07, 6.45) is 1.17. The summed E-state index contributed by atoms with van der Waals surface area (Å²) in [7, 11) is 0. The van der Waals surface area contributed by atoms with Gasteiger partial charge in [-0.05, 0) is 54.8 Å². The summed E-state index contributed by atoms with van der Waals surface area (Å²) in [6, 6.07) is 10.7. The van der Waals surface area contributed by atoms with Crippen LogP contribution in [0.2, 0.25) is 5.02 Å². The van der Waals surface area contributed by atoms with E-state index in [4.69, 9.17) is 11.6 Å². The molecule has 180 valence electrons. The molecule has 0 saturated heterocycles. The molecule has 1 heterocycles. The Labute approximate surface area is 206 Å². The van der Waals surface area contributed by atoms with E-state index in [1.807, 2.05) is 0 Å². The lowest BCUT2D eigenvalue weighted by Crippen LogP contribution is -2.27. The number of Topliss-reactive ketones (excluding diaryl/α,β-unsaturated/α-hetero) is 2. The number of hydrogen-bond donors (Lipinski definition) is 1. The lowest BCUT2D eigenvalue weighted by Gasteiger charge is -2.17. The number of rotatable bonds is 6. The minimum absolute atomic E-state index is 0.00123. The minimum atomic E-state index is -0.976. The van der Waals surface area contributed by atoms with Crippen LogP contribution in [0.25, 0.3) is 11.3 Å². The molecule has 1 aromatic heterocycles. The van der Waals surface area contributed by atoms with Crippen LogP contribution < -0.4 is 5.32 Å². The predicted molar refractivity (Wildman–Crippen MR) is 128 cm³/mol. The van der Waals surface area contributed by atoms with E-state index in [1.54, 1.807) is 44.2 Å². The number of benzene rings is 2. The highest BCUT2D eigenvalue weighted by Crippen LogP contribution is 2.38. The molecule has 2 atom stereocenters. The van der Waals surface area contributed by atoms with Crippen LogP contribution in [0.5, 0.6) is 0 Å². The molecule has 1 N–H and O–H groups in total. The molecule has 1 aliphatic carbocycles. The highest BCUT2D eigenvalue weighted by Gasteiger charge is 2.43. The Morgan fingerprint density at radius 3 is 2.43 bits per heavy atom. The van der Waals surface area contributed by atoms with E-state index >= 15 is 0 Å². The van der Waals surface area contributed by atoms with Crippen molar-refractivity contribution in [2.24, 2.45) is 5.92 Å². The second-order valence-corrected chi connectivity index (χ2v) is 9.22. The first kappa shape index (κ1) is 24.7. The first-order valence-corrected chi connectivity index (χ1v) is 11.5. The van der Waals surface area contributed by atoms with Gasteiger partial charge in [-0.3, -0.25) is 19.4 Å². The van der Waals surface area contributed by atoms with Crippen molar-refractivity contribution in [2.75, 3.05) is 0 Å². The highest BCUT2D eigenvalue weighted by atomic mass is 35.5. The molecule has 1 fully saturated rings. The maximum atomic E-state index is 14.4. The van der Waals surface area contributed by atoms with Gasteiger partial charge in [0, 0.05) is 42.6 Å². The number of nitrogens with zero attached hydrogens (tertiary/aromatic N) is 1. The number of halogens is 3. The Balaban J connectivity index is 1.50. The third-order valence-corrected chi connectivity index (χ3v) is 6.49. The summed E-state index contributed by atoms with van der Waals surface area (Å²) >= 11 is 5.80. The lowest BCUT2D eigenvalue weighted by atomic mass is 9.85. The van der Waals surface area contributed by atoms with E-state index in [0.29, 0.717) is 27.8 Å². The normalized spacial score (nSPS) is 17.6. The van der Waals surface area contributed by atoms with Gasteiger partial charge in [0.2, 0.25) is 5.91 Å². The standard InChI is InChI=1S/C27H23ClF2N2O3/c1-14-7-17(26-21(30)11-19(28)13-32-26)8-15(2)24(14)25-22(33)9-18(27(25)35)10-23(34)31-12-16-5-3-4-6-20(16)29/h3-8,11,13,18,25H,9-10,12H2,1-2H3,(H,31,34). The second-order valence-electron chi connectivity index (χ2n) is 8.78. The molecule has 0 bridgehead atoms. The van der Waals surface area contributed by atoms with E-state index in [0.717, 1.165) is 0 Å². The van der Waals surface area contributed by atoms with Crippen molar-refractivity contribution >= 4 is 29.1 Å². The van der Waals surface area contributed by atoms with Gasteiger partial charge >= 0.3 is 0 Å². The van der Waals surface area contributed by atoms with Gasteiger partial charge in [-0.25, -0.2) is 8.78 Å². The fourth-order valence-corrected chi connectivity index (χ4v) is 4.80. The molecule has 4 rings (SSSR count). The van der Waals surface area contributed by atoms with Gasteiger partial charge in [0.15, 0.2) is 11.6 Å². The smallest absolute Gasteiger partial charge is 0.221 e. The number of carbonyl (C=O) groups is 3. The van der Waals surface area contributed by atoms with Gasteiger partial charge in [0.1, 0.15) is 23.2 Å². The zero-order valence-electron chi connectivity index (χ0n) is 19.2. The van der Waals surface area contributed by atoms with Crippen LogP contribution in [0.1, 0.15) is 41.0 Å².